The van der Waals surface area contributed by atoms with E-state index in [1.165, 1.54) is 0 Å². The predicted octanol–water partition coefficient (Wildman–Crippen LogP) is 2.06. The van der Waals surface area contributed by atoms with Gasteiger partial charge in [0.05, 0.1) is 6.10 Å². The summed E-state index contributed by atoms with van der Waals surface area (Å²) in [5.74, 6) is -0.872. The third-order valence-corrected chi connectivity index (χ3v) is 4.54. The smallest absolute Gasteiger partial charge is 0.321 e. The Balaban J connectivity index is 1.75. The molecular weight excluding hydrogens is 280 g/mol. The van der Waals surface area contributed by atoms with Crippen LogP contribution in [0.25, 0.3) is 10.9 Å². The number of H-pyrrole nitrogens is 1. The molecule has 0 radical (unpaired) electrons. The van der Waals surface area contributed by atoms with E-state index in [1.807, 2.05) is 30.5 Å². The summed E-state index contributed by atoms with van der Waals surface area (Å²) in [6, 6.07) is 7.07. The molecule has 1 aliphatic carbocycles. The summed E-state index contributed by atoms with van der Waals surface area (Å²) in [4.78, 5) is 14.8. The highest BCUT2D eigenvalue weighted by molar-refractivity contribution is 5.84. The maximum atomic E-state index is 11.6. The van der Waals surface area contributed by atoms with E-state index in [4.69, 9.17) is 0 Å². The maximum Gasteiger partial charge on any atom is 0.321 e. The van der Waals surface area contributed by atoms with Crippen LogP contribution in [0.3, 0.4) is 0 Å². The zero-order valence-corrected chi connectivity index (χ0v) is 12.5. The molecule has 1 fully saturated rings. The lowest BCUT2D eigenvalue weighted by molar-refractivity contribution is -0.140. The van der Waals surface area contributed by atoms with Crippen molar-refractivity contribution < 1.29 is 15.0 Å². The lowest BCUT2D eigenvalue weighted by Crippen LogP contribution is -2.50. The van der Waals surface area contributed by atoms with Crippen molar-refractivity contribution in [1.29, 1.82) is 0 Å². The number of carboxylic acid groups (broad SMARTS) is 1. The summed E-state index contributed by atoms with van der Waals surface area (Å²) in [5, 5.41) is 23.7. The molecule has 0 bridgehead atoms. The summed E-state index contributed by atoms with van der Waals surface area (Å²) in [5.41, 5.74) is 2.00. The number of aromatic amines is 1. The minimum Gasteiger partial charge on any atom is -0.480 e. The number of hydrogen-bond donors (Lipinski definition) is 4. The van der Waals surface area contributed by atoms with Crippen LogP contribution in [0.2, 0.25) is 0 Å². The Hall–Kier alpha value is -1.85. The molecule has 0 amide bonds. The Bertz CT molecular complexity index is 652. The predicted molar refractivity (Wildman–Crippen MR) is 84.8 cm³/mol. The van der Waals surface area contributed by atoms with Crippen molar-refractivity contribution in [2.45, 2.75) is 50.3 Å². The molecule has 5 nitrogen and oxygen atoms in total. The van der Waals surface area contributed by atoms with Crippen LogP contribution in [-0.2, 0) is 11.2 Å². The molecule has 1 aromatic carbocycles. The number of aliphatic hydroxyl groups is 1. The molecule has 5 heteroatoms. The van der Waals surface area contributed by atoms with Gasteiger partial charge in [-0.05, 0) is 24.5 Å². The lowest BCUT2D eigenvalue weighted by atomic mass is 9.91. The first-order valence-electron chi connectivity index (χ1n) is 7.87. The van der Waals surface area contributed by atoms with Gasteiger partial charge < -0.3 is 15.2 Å². The maximum absolute atomic E-state index is 11.6. The largest absolute Gasteiger partial charge is 0.480 e. The summed E-state index contributed by atoms with van der Waals surface area (Å²) in [6.45, 7) is 0. The van der Waals surface area contributed by atoms with E-state index in [0.29, 0.717) is 6.42 Å². The van der Waals surface area contributed by atoms with Gasteiger partial charge in [-0.1, -0.05) is 31.0 Å². The van der Waals surface area contributed by atoms with E-state index in [2.05, 4.69) is 10.3 Å². The molecule has 1 aliphatic rings. The molecule has 1 aromatic heterocycles. The van der Waals surface area contributed by atoms with Crippen molar-refractivity contribution in [1.82, 2.24) is 10.3 Å². The number of rotatable bonds is 5. The Kier molecular flexibility index (Phi) is 4.45. The minimum absolute atomic E-state index is 0.125. The lowest BCUT2D eigenvalue weighted by Gasteiger charge is -2.31. The van der Waals surface area contributed by atoms with Crippen molar-refractivity contribution >= 4 is 16.9 Å². The highest BCUT2D eigenvalue weighted by atomic mass is 16.4. The quantitative estimate of drug-likeness (QED) is 0.681. The fourth-order valence-electron chi connectivity index (χ4n) is 3.30. The summed E-state index contributed by atoms with van der Waals surface area (Å²) >= 11 is 0. The molecule has 1 heterocycles. The van der Waals surface area contributed by atoms with Gasteiger partial charge in [0, 0.05) is 29.6 Å². The normalized spacial score (nSPS) is 23.5. The Morgan fingerprint density at radius 3 is 2.86 bits per heavy atom. The molecule has 3 unspecified atom stereocenters. The highest BCUT2D eigenvalue weighted by Gasteiger charge is 2.28. The van der Waals surface area contributed by atoms with E-state index in [1.54, 1.807) is 0 Å². The molecule has 0 saturated heterocycles. The number of carboxylic acids is 1. The van der Waals surface area contributed by atoms with Gasteiger partial charge in [-0.3, -0.25) is 10.1 Å². The number of benzene rings is 1. The molecule has 3 rings (SSSR count). The molecule has 3 atom stereocenters. The Morgan fingerprint density at radius 2 is 2.09 bits per heavy atom. The minimum atomic E-state index is -0.872. The number of fused-ring (bicyclic) bond motifs is 1. The number of para-hydroxylation sites is 1. The number of aliphatic carboxylic acids is 1. The van der Waals surface area contributed by atoms with Gasteiger partial charge in [0.25, 0.3) is 0 Å². The Labute approximate surface area is 129 Å². The van der Waals surface area contributed by atoms with Gasteiger partial charge in [-0.25, -0.2) is 0 Å². The molecule has 1 saturated carbocycles. The first kappa shape index (κ1) is 15.1. The van der Waals surface area contributed by atoms with Crippen molar-refractivity contribution in [2.75, 3.05) is 0 Å². The van der Waals surface area contributed by atoms with Crippen LogP contribution in [0, 0.1) is 0 Å². The second kappa shape index (κ2) is 6.50. The number of aromatic nitrogens is 1. The molecule has 0 aliphatic heterocycles. The molecule has 22 heavy (non-hydrogen) atoms. The van der Waals surface area contributed by atoms with Gasteiger partial charge in [-0.2, -0.15) is 0 Å². The number of hydrogen-bond acceptors (Lipinski definition) is 3. The van der Waals surface area contributed by atoms with E-state index in [9.17, 15) is 15.0 Å². The first-order chi connectivity index (χ1) is 10.6. The zero-order valence-electron chi connectivity index (χ0n) is 12.5. The van der Waals surface area contributed by atoms with Crippen LogP contribution in [0.15, 0.2) is 30.5 Å². The van der Waals surface area contributed by atoms with Crippen molar-refractivity contribution in [3.05, 3.63) is 36.0 Å². The second-order valence-electron chi connectivity index (χ2n) is 6.08. The summed E-state index contributed by atoms with van der Waals surface area (Å²) in [7, 11) is 0. The average molecular weight is 302 g/mol. The van der Waals surface area contributed by atoms with Crippen molar-refractivity contribution in [2.24, 2.45) is 0 Å². The molecule has 0 spiro atoms. The third-order valence-electron chi connectivity index (χ3n) is 4.54. The molecule has 2 aromatic rings. The van der Waals surface area contributed by atoms with Crippen LogP contribution in [0.5, 0.6) is 0 Å². The second-order valence-corrected chi connectivity index (χ2v) is 6.08. The van der Waals surface area contributed by atoms with Crippen LogP contribution >= 0.6 is 0 Å². The summed E-state index contributed by atoms with van der Waals surface area (Å²) in [6.07, 6.45) is 5.46. The Morgan fingerprint density at radius 1 is 1.32 bits per heavy atom. The average Bonchev–Trinajstić information content (AvgIpc) is 2.92. The van der Waals surface area contributed by atoms with Crippen LogP contribution in [-0.4, -0.2) is 39.4 Å². The van der Waals surface area contributed by atoms with Gasteiger partial charge in [0.2, 0.25) is 0 Å². The first-order valence-corrected chi connectivity index (χ1v) is 7.87. The summed E-state index contributed by atoms with van der Waals surface area (Å²) < 4.78 is 0. The fraction of sp³-hybridized carbons (Fsp3) is 0.471. The van der Waals surface area contributed by atoms with Gasteiger partial charge in [0.1, 0.15) is 6.04 Å². The van der Waals surface area contributed by atoms with Gasteiger partial charge >= 0.3 is 5.97 Å². The fourth-order valence-corrected chi connectivity index (χ4v) is 3.30. The van der Waals surface area contributed by atoms with Crippen LogP contribution in [0.4, 0.5) is 0 Å². The zero-order chi connectivity index (χ0) is 15.5. The molecule has 4 N–H and O–H groups in total. The topological polar surface area (TPSA) is 85.3 Å². The number of aliphatic hydroxyl groups excluding tert-OH is 1. The SMILES string of the molecule is O=C(O)C(Cc1c[nH]c2ccccc12)NC1CCCCC1O. The monoisotopic (exact) mass is 302 g/mol. The third kappa shape index (κ3) is 3.15. The van der Waals surface area contributed by atoms with E-state index < -0.39 is 18.1 Å². The highest BCUT2D eigenvalue weighted by Crippen LogP contribution is 2.22. The van der Waals surface area contributed by atoms with Crippen LogP contribution < -0.4 is 5.32 Å². The van der Waals surface area contributed by atoms with E-state index in [-0.39, 0.29) is 6.04 Å². The standard InChI is InChI=1S/C17H22N2O3/c20-16-8-4-3-7-14(16)19-15(17(21)22)9-11-10-18-13-6-2-1-5-12(11)13/h1-2,5-6,10,14-16,18-20H,3-4,7-9H2,(H,21,22). The van der Waals surface area contributed by atoms with E-state index >= 15 is 0 Å². The number of carbonyl (C=O) groups is 1. The molecule has 118 valence electrons. The van der Waals surface area contributed by atoms with Crippen LogP contribution in [0.1, 0.15) is 31.2 Å². The van der Waals surface area contributed by atoms with Gasteiger partial charge in [-0.15, -0.1) is 0 Å². The van der Waals surface area contributed by atoms with Crippen molar-refractivity contribution in [3.63, 3.8) is 0 Å². The van der Waals surface area contributed by atoms with Crippen molar-refractivity contribution in [3.8, 4) is 0 Å². The van der Waals surface area contributed by atoms with E-state index in [0.717, 1.165) is 42.1 Å². The van der Waals surface area contributed by atoms with Gasteiger partial charge in [0.15, 0.2) is 0 Å². The molecular formula is C17H22N2O3. The number of nitrogens with one attached hydrogen (secondary N) is 2.